The van der Waals surface area contributed by atoms with Crippen molar-refractivity contribution in [3.05, 3.63) is 83.9 Å². The van der Waals surface area contributed by atoms with Gasteiger partial charge in [0, 0.05) is 12.6 Å². The third kappa shape index (κ3) is 7.82. The summed E-state index contributed by atoms with van der Waals surface area (Å²) in [4.78, 5) is 29.2. The fourth-order valence-electron chi connectivity index (χ4n) is 4.56. The lowest BCUT2D eigenvalue weighted by Crippen LogP contribution is -2.53. The number of benzene rings is 3. The molecule has 0 aliphatic carbocycles. The molecular weight excluding hydrogens is 554 g/mol. The molecule has 2 amide bonds. The van der Waals surface area contributed by atoms with Gasteiger partial charge in [-0.15, -0.1) is 0 Å². The van der Waals surface area contributed by atoms with E-state index in [2.05, 4.69) is 5.32 Å². The standard InChI is InChI=1S/C32H41N3O6S/c1-7-24(4)33-32(37)28(8-2)34(21-25-13-12-14-26(20-25)40-5)31(36)22-35(29-19-23(3)17-18-30(29)41-6)42(38,39)27-15-10-9-11-16-27/h9-20,24,28H,7-8,21-22H2,1-6H3,(H,33,37). The quantitative estimate of drug-likeness (QED) is 0.283. The number of nitrogens with zero attached hydrogens (tertiary/aromatic N) is 2. The topological polar surface area (TPSA) is 105 Å². The van der Waals surface area contributed by atoms with Gasteiger partial charge >= 0.3 is 0 Å². The van der Waals surface area contributed by atoms with Gasteiger partial charge < -0.3 is 19.7 Å². The van der Waals surface area contributed by atoms with E-state index < -0.39 is 28.5 Å². The van der Waals surface area contributed by atoms with Gasteiger partial charge in [-0.2, -0.15) is 0 Å². The Labute approximate surface area is 249 Å². The van der Waals surface area contributed by atoms with Crippen LogP contribution in [0.1, 0.15) is 44.7 Å². The van der Waals surface area contributed by atoms with E-state index in [1.807, 2.05) is 33.8 Å². The minimum atomic E-state index is -4.21. The average Bonchev–Trinajstić information content (AvgIpc) is 2.99. The van der Waals surface area contributed by atoms with Crippen LogP contribution in [0.25, 0.3) is 0 Å². The lowest BCUT2D eigenvalue weighted by Gasteiger charge is -2.34. The van der Waals surface area contributed by atoms with Crippen LogP contribution in [0.2, 0.25) is 0 Å². The number of aryl methyl sites for hydroxylation is 1. The van der Waals surface area contributed by atoms with Gasteiger partial charge in [0.1, 0.15) is 24.1 Å². The fraction of sp³-hybridized carbons (Fsp3) is 0.375. The molecular formula is C32H41N3O6S. The number of methoxy groups -OCH3 is 2. The minimum Gasteiger partial charge on any atom is -0.497 e. The molecule has 0 saturated heterocycles. The van der Waals surface area contributed by atoms with E-state index in [1.165, 1.54) is 24.1 Å². The van der Waals surface area contributed by atoms with Crippen molar-refractivity contribution in [1.82, 2.24) is 10.2 Å². The van der Waals surface area contributed by atoms with E-state index in [9.17, 15) is 18.0 Å². The molecule has 2 atom stereocenters. The van der Waals surface area contributed by atoms with Crippen LogP contribution in [-0.2, 0) is 26.2 Å². The summed E-state index contributed by atoms with van der Waals surface area (Å²) in [5.74, 6) is 0.0734. The molecule has 3 aromatic rings. The molecule has 3 rings (SSSR count). The molecule has 9 nitrogen and oxygen atoms in total. The fourth-order valence-corrected chi connectivity index (χ4v) is 5.99. The van der Waals surface area contributed by atoms with E-state index >= 15 is 0 Å². The molecule has 0 aromatic heterocycles. The number of hydrogen-bond acceptors (Lipinski definition) is 6. The zero-order valence-electron chi connectivity index (χ0n) is 25.2. The molecule has 0 saturated carbocycles. The van der Waals surface area contributed by atoms with Gasteiger partial charge in [-0.1, -0.05) is 50.2 Å². The molecule has 226 valence electrons. The van der Waals surface area contributed by atoms with Crippen molar-refractivity contribution in [2.45, 2.75) is 64.1 Å². The Hall–Kier alpha value is -4.05. The van der Waals surface area contributed by atoms with E-state index in [1.54, 1.807) is 61.7 Å². The first-order valence-electron chi connectivity index (χ1n) is 14.0. The van der Waals surface area contributed by atoms with Crippen LogP contribution in [0.3, 0.4) is 0 Å². The number of amides is 2. The second-order valence-electron chi connectivity index (χ2n) is 10.1. The van der Waals surface area contributed by atoms with Crippen molar-refractivity contribution in [3.63, 3.8) is 0 Å². The number of carbonyl (C=O) groups is 2. The van der Waals surface area contributed by atoms with Gasteiger partial charge in [-0.25, -0.2) is 8.42 Å². The molecule has 2 unspecified atom stereocenters. The Kier molecular flexibility index (Phi) is 11.4. The van der Waals surface area contributed by atoms with Gasteiger partial charge in [-0.3, -0.25) is 13.9 Å². The summed E-state index contributed by atoms with van der Waals surface area (Å²) in [5.41, 5.74) is 1.76. The Morgan fingerprint density at radius 2 is 1.62 bits per heavy atom. The maximum Gasteiger partial charge on any atom is 0.264 e. The predicted octanol–water partition coefficient (Wildman–Crippen LogP) is 4.93. The highest BCUT2D eigenvalue weighted by Crippen LogP contribution is 2.34. The van der Waals surface area contributed by atoms with Crippen molar-refractivity contribution in [2.24, 2.45) is 0 Å². The summed E-state index contributed by atoms with van der Waals surface area (Å²) in [6.07, 6.45) is 1.05. The first-order valence-corrected chi connectivity index (χ1v) is 15.4. The number of carbonyl (C=O) groups excluding carboxylic acids is 2. The zero-order valence-corrected chi connectivity index (χ0v) is 26.0. The Bertz CT molecular complexity index is 1460. The summed E-state index contributed by atoms with van der Waals surface area (Å²) < 4.78 is 40.1. The van der Waals surface area contributed by atoms with E-state index in [0.29, 0.717) is 17.9 Å². The summed E-state index contributed by atoms with van der Waals surface area (Å²) in [5, 5.41) is 2.98. The maximum absolute atomic E-state index is 14.3. The Morgan fingerprint density at radius 3 is 2.24 bits per heavy atom. The molecule has 0 heterocycles. The molecule has 0 radical (unpaired) electrons. The van der Waals surface area contributed by atoms with Crippen LogP contribution >= 0.6 is 0 Å². The van der Waals surface area contributed by atoms with Gasteiger partial charge in [0.15, 0.2) is 0 Å². The molecule has 0 aliphatic rings. The van der Waals surface area contributed by atoms with E-state index in [0.717, 1.165) is 21.9 Å². The normalized spacial score (nSPS) is 12.6. The van der Waals surface area contributed by atoms with E-state index in [-0.39, 0.29) is 29.1 Å². The third-order valence-corrected chi connectivity index (χ3v) is 8.86. The summed E-state index contributed by atoms with van der Waals surface area (Å²) in [6, 6.07) is 19.4. The number of ether oxygens (including phenoxy) is 2. The molecule has 0 bridgehead atoms. The van der Waals surface area contributed by atoms with Gasteiger partial charge in [0.05, 0.1) is 24.8 Å². The second kappa shape index (κ2) is 14.7. The van der Waals surface area contributed by atoms with Gasteiger partial charge in [-0.05, 0) is 74.2 Å². The highest BCUT2D eigenvalue weighted by atomic mass is 32.2. The van der Waals surface area contributed by atoms with Gasteiger partial charge in [0.2, 0.25) is 11.8 Å². The Balaban J connectivity index is 2.12. The zero-order chi connectivity index (χ0) is 30.9. The number of hydrogen-bond donors (Lipinski definition) is 1. The monoisotopic (exact) mass is 595 g/mol. The van der Waals surface area contributed by atoms with Crippen molar-refractivity contribution in [3.8, 4) is 11.5 Å². The van der Waals surface area contributed by atoms with Crippen LogP contribution in [0.5, 0.6) is 11.5 Å². The first-order chi connectivity index (χ1) is 20.0. The van der Waals surface area contributed by atoms with Crippen LogP contribution < -0.4 is 19.1 Å². The molecule has 0 spiro atoms. The van der Waals surface area contributed by atoms with Crippen LogP contribution in [0.4, 0.5) is 5.69 Å². The molecule has 0 fully saturated rings. The Morgan fingerprint density at radius 1 is 0.905 bits per heavy atom. The second-order valence-corrected chi connectivity index (χ2v) is 12.0. The molecule has 10 heteroatoms. The third-order valence-electron chi connectivity index (χ3n) is 7.09. The maximum atomic E-state index is 14.3. The number of sulfonamides is 1. The van der Waals surface area contributed by atoms with Gasteiger partial charge in [0.25, 0.3) is 10.0 Å². The van der Waals surface area contributed by atoms with E-state index in [4.69, 9.17) is 9.47 Å². The van der Waals surface area contributed by atoms with Crippen molar-refractivity contribution < 1.29 is 27.5 Å². The summed E-state index contributed by atoms with van der Waals surface area (Å²) >= 11 is 0. The van der Waals surface area contributed by atoms with Crippen LogP contribution in [0.15, 0.2) is 77.7 Å². The smallest absolute Gasteiger partial charge is 0.264 e. The average molecular weight is 596 g/mol. The predicted molar refractivity (Wildman–Crippen MR) is 164 cm³/mol. The van der Waals surface area contributed by atoms with Crippen molar-refractivity contribution in [2.75, 3.05) is 25.1 Å². The van der Waals surface area contributed by atoms with Crippen LogP contribution in [0, 0.1) is 6.92 Å². The highest BCUT2D eigenvalue weighted by molar-refractivity contribution is 7.92. The van der Waals surface area contributed by atoms with Crippen molar-refractivity contribution in [1.29, 1.82) is 0 Å². The molecule has 42 heavy (non-hydrogen) atoms. The van der Waals surface area contributed by atoms with Crippen molar-refractivity contribution >= 4 is 27.5 Å². The summed E-state index contributed by atoms with van der Waals surface area (Å²) in [7, 11) is -1.20. The molecule has 0 aliphatic heterocycles. The number of anilines is 1. The molecule has 3 aromatic carbocycles. The van der Waals surface area contributed by atoms with Crippen LogP contribution in [-0.4, -0.2) is 58.0 Å². The lowest BCUT2D eigenvalue weighted by molar-refractivity contribution is -0.140. The highest BCUT2D eigenvalue weighted by Gasteiger charge is 2.35. The SMILES string of the molecule is CCC(C)NC(=O)C(CC)N(Cc1cccc(OC)c1)C(=O)CN(c1cc(C)ccc1OC)S(=O)(=O)c1ccccc1. The number of nitrogens with one attached hydrogen (secondary N) is 1. The largest absolute Gasteiger partial charge is 0.497 e. The number of rotatable bonds is 14. The first kappa shape index (κ1) is 32.5. The lowest BCUT2D eigenvalue weighted by atomic mass is 10.1. The summed E-state index contributed by atoms with van der Waals surface area (Å²) in [6.45, 7) is 7.05. The minimum absolute atomic E-state index is 0.0299. The molecule has 1 N–H and O–H groups in total.